The predicted octanol–water partition coefficient (Wildman–Crippen LogP) is -1.51. The minimum Gasteiger partial charge on any atom is -0.397 e. The van der Waals surface area contributed by atoms with Gasteiger partial charge in [-0.1, -0.05) is 0 Å². The maximum Gasteiger partial charge on any atom is 0.237 e. The molecule has 7 N–H and O–H groups in total. The number of nitrogens with zero attached hydrogens (tertiary/aromatic N) is 3. The van der Waals surface area contributed by atoms with E-state index in [4.69, 9.17) is 16.2 Å². The number of nitrogens with one attached hydrogen (secondary N) is 1. The molecule has 2 unspecified atom stereocenters. The SMILES string of the molecule is Nc1ccnc2c1ncn2[C@@H]1O[C@H](CO)[C@H](O)C1NC(=O)C(N)C1CC1. The number of anilines is 1. The third-order valence-electron chi connectivity index (χ3n) is 5.06. The standard InChI is InChI=1S/C16H22N6O4/c17-8-3-4-19-14-11(8)20-6-22(14)16-12(13(24)9(5-23)26-16)21-15(25)10(18)7-1-2-7/h3-4,6-7,9-10,12-13,16,23-24H,1-2,5,18H2,(H2,17,19)(H,21,25)/t9-,10?,12?,13+,16-/m1/s1. The summed E-state index contributed by atoms with van der Waals surface area (Å²) in [6.07, 6.45) is 2.15. The second-order valence-corrected chi connectivity index (χ2v) is 6.86. The molecule has 1 saturated heterocycles. The summed E-state index contributed by atoms with van der Waals surface area (Å²) in [6, 6.07) is 0.212. The Morgan fingerprint density at radius 2 is 2.23 bits per heavy atom. The number of aromatic nitrogens is 3. The number of hydrogen-bond donors (Lipinski definition) is 5. The summed E-state index contributed by atoms with van der Waals surface area (Å²) < 4.78 is 7.37. The number of pyridine rings is 1. The molecule has 1 saturated carbocycles. The molecule has 1 aliphatic heterocycles. The molecule has 3 heterocycles. The van der Waals surface area contributed by atoms with Gasteiger partial charge in [-0.3, -0.25) is 9.36 Å². The topological polar surface area (TPSA) is 162 Å². The number of nitrogen functional groups attached to an aromatic ring is 1. The lowest BCUT2D eigenvalue weighted by molar-refractivity contribution is -0.124. The van der Waals surface area contributed by atoms with E-state index in [0.29, 0.717) is 16.9 Å². The van der Waals surface area contributed by atoms with Crippen molar-refractivity contribution in [2.45, 2.75) is 43.4 Å². The third-order valence-corrected chi connectivity index (χ3v) is 5.06. The van der Waals surface area contributed by atoms with Gasteiger partial charge in [0.15, 0.2) is 11.9 Å². The van der Waals surface area contributed by atoms with Gasteiger partial charge in [0, 0.05) is 6.20 Å². The van der Waals surface area contributed by atoms with Crippen LogP contribution in [0.15, 0.2) is 18.6 Å². The average molecular weight is 362 g/mol. The van der Waals surface area contributed by atoms with Gasteiger partial charge in [-0.25, -0.2) is 9.97 Å². The van der Waals surface area contributed by atoms with E-state index in [1.54, 1.807) is 16.8 Å². The smallest absolute Gasteiger partial charge is 0.237 e. The van der Waals surface area contributed by atoms with E-state index < -0.39 is 30.5 Å². The average Bonchev–Trinajstić information content (AvgIpc) is 3.32. The quantitative estimate of drug-likeness (QED) is 0.429. The van der Waals surface area contributed by atoms with Gasteiger partial charge in [-0.05, 0) is 24.8 Å². The van der Waals surface area contributed by atoms with Crippen LogP contribution >= 0.6 is 0 Å². The van der Waals surface area contributed by atoms with Crippen molar-refractivity contribution < 1.29 is 19.7 Å². The van der Waals surface area contributed by atoms with E-state index in [0.717, 1.165) is 12.8 Å². The first-order chi connectivity index (χ1) is 12.5. The molecule has 2 aromatic heterocycles. The van der Waals surface area contributed by atoms with Crippen LogP contribution in [0.25, 0.3) is 11.2 Å². The van der Waals surface area contributed by atoms with Crippen molar-refractivity contribution in [2.24, 2.45) is 11.7 Å². The van der Waals surface area contributed by atoms with Crippen LogP contribution in [0.4, 0.5) is 5.69 Å². The van der Waals surface area contributed by atoms with Gasteiger partial charge >= 0.3 is 0 Å². The maximum atomic E-state index is 12.4. The maximum absolute atomic E-state index is 12.4. The van der Waals surface area contributed by atoms with Gasteiger partial charge < -0.3 is 31.7 Å². The van der Waals surface area contributed by atoms with Crippen molar-refractivity contribution in [3.63, 3.8) is 0 Å². The van der Waals surface area contributed by atoms with Crippen LogP contribution in [0, 0.1) is 5.92 Å². The Balaban J connectivity index is 1.65. The number of hydrogen-bond acceptors (Lipinski definition) is 8. The van der Waals surface area contributed by atoms with Gasteiger partial charge in [0.2, 0.25) is 5.91 Å². The molecular formula is C16H22N6O4. The summed E-state index contributed by atoms with van der Waals surface area (Å²) in [5.41, 5.74) is 13.3. The van der Waals surface area contributed by atoms with Crippen molar-refractivity contribution in [3.8, 4) is 0 Å². The Labute approximate surface area is 149 Å². The number of fused-ring (bicyclic) bond motifs is 1. The van der Waals surface area contributed by atoms with Crippen molar-refractivity contribution in [3.05, 3.63) is 18.6 Å². The second kappa shape index (κ2) is 6.47. The van der Waals surface area contributed by atoms with Crippen LogP contribution in [-0.2, 0) is 9.53 Å². The molecule has 1 aliphatic carbocycles. The minimum absolute atomic E-state index is 0.178. The molecule has 4 rings (SSSR count). The fraction of sp³-hybridized carbons (Fsp3) is 0.562. The van der Waals surface area contributed by atoms with Gasteiger partial charge in [0.1, 0.15) is 23.8 Å². The molecule has 0 radical (unpaired) electrons. The molecule has 2 aliphatic rings. The fourth-order valence-electron chi connectivity index (χ4n) is 3.36. The summed E-state index contributed by atoms with van der Waals surface area (Å²) in [6.45, 7) is -0.388. The Bertz CT molecular complexity index is 822. The first kappa shape index (κ1) is 17.2. The zero-order valence-electron chi connectivity index (χ0n) is 14.0. The van der Waals surface area contributed by atoms with Crippen molar-refractivity contribution >= 4 is 22.8 Å². The monoisotopic (exact) mass is 362 g/mol. The van der Waals surface area contributed by atoms with Crippen LogP contribution in [0.1, 0.15) is 19.1 Å². The fourth-order valence-corrected chi connectivity index (χ4v) is 3.36. The minimum atomic E-state index is -1.10. The summed E-state index contributed by atoms with van der Waals surface area (Å²) in [5.74, 6) is -0.169. The number of aliphatic hydroxyl groups excluding tert-OH is 2. The number of imidazole rings is 1. The first-order valence-corrected chi connectivity index (χ1v) is 8.58. The van der Waals surface area contributed by atoms with Gasteiger partial charge in [-0.15, -0.1) is 0 Å². The molecule has 10 nitrogen and oxygen atoms in total. The molecule has 0 aromatic carbocycles. The highest BCUT2D eigenvalue weighted by molar-refractivity contribution is 5.84. The highest BCUT2D eigenvalue weighted by Gasteiger charge is 2.47. The zero-order valence-corrected chi connectivity index (χ0v) is 14.0. The van der Waals surface area contributed by atoms with Gasteiger partial charge in [0.05, 0.1) is 24.7 Å². The molecule has 5 atom stereocenters. The lowest BCUT2D eigenvalue weighted by Gasteiger charge is -2.24. The van der Waals surface area contributed by atoms with Crippen molar-refractivity contribution in [2.75, 3.05) is 12.3 Å². The molecular weight excluding hydrogens is 340 g/mol. The number of carbonyl (C=O) groups is 1. The van der Waals surface area contributed by atoms with E-state index in [9.17, 15) is 15.0 Å². The van der Waals surface area contributed by atoms with Crippen molar-refractivity contribution in [1.82, 2.24) is 19.9 Å². The molecule has 26 heavy (non-hydrogen) atoms. The van der Waals surface area contributed by atoms with Crippen LogP contribution in [-0.4, -0.2) is 61.6 Å². The number of carbonyl (C=O) groups excluding carboxylic acids is 1. The Morgan fingerprint density at radius 1 is 1.46 bits per heavy atom. The molecule has 0 bridgehead atoms. The number of aliphatic hydroxyl groups is 2. The Morgan fingerprint density at radius 3 is 2.92 bits per heavy atom. The number of ether oxygens (including phenoxy) is 1. The molecule has 1 amide bonds. The highest BCUT2D eigenvalue weighted by atomic mass is 16.5. The van der Waals surface area contributed by atoms with E-state index in [1.807, 2.05) is 0 Å². The summed E-state index contributed by atoms with van der Waals surface area (Å²) in [5, 5.41) is 22.8. The molecule has 140 valence electrons. The van der Waals surface area contributed by atoms with E-state index in [2.05, 4.69) is 15.3 Å². The summed E-state index contributed by atoms with van der Waals surface area (Å²) in [7, 11) is 0. The Kier molecular flexibility index (Phi) is 4.27. The normalized spacial score (nSPS) is 29.8. The zero-order chi connectivity index (χ0) is 18.4. The lowest BCUT2D eigenvalue weighted by atomic mass is 10.1. The highest BCUT2D eigenvalue weighted by Crippen LogP contribution is 2.34. The van der Waals surface area contributed by atoms with Crippen molar-refractivity contribution in [1.29, 1.82) is 0 Å². The number of rotatable bonds is 5. The third kappa shape index (κ3) is 2.80. The number of amides is 1. The second-order valence-electron chi connectivity index (χ2n) is 6.86. The van der Waals surface area contributed by atoms with Gasteiger partial charge in [0.25, 0.3) is 0 Å². The van der Waals surface area contributed by atoms with Crippen LogP contribution in [0.3, 0.4) is 0 Å². The largest absolute Gasteiger partial charge is 0.397 e. The first-order valence-electron chi connectivity index (χ1n) is 8.58. The molecule has 10 heteroatoms. The van der Waals surface area contributed by atoms with Crippen LogP contribution < -0.4 is 16.8 Å². The molecule has 2 fully saturated rings. The number of nitrogens with two attached hydrogens (primary N) is 2. The van der Waals surface area contributed by atoms with Crippen LogP contribution in [0.2, 0.25) is 0 Å². The predicted molar refractivity (Wildman–Crippen MR) is 91.6 cm³/mol. The molecule has 2 aromatic rings. The van der Waals surface area contributed by atoms with E-state index >= 15 is 0 Å². The van der Waals surface area contributed by atoms with E-state index in [-0.39, 0.29) is 18.4 Å². The summed E-state index contributed by atoms with van der Waals surface area (Å²) in [4.78, 5) is 20.9. The van der Waals surface area contributed by atoms with Gasteiger partial charge in [-0.2, -0.15) is 0 Å². The summed E-state index contributed by atoms with van der Waals surface area (Å²) >= 11 is 0. The lowest BCUT2D eigenvalue weighted by Crippen LogP contribution is -2.52. The van der Waals surface area contributed by atoms with Crippen LogP contribution in [0.5, 0.6) is 0 Å². The van der Waals surface area contributed by atoms with E-state index in [1.165, 1.54) is 6.33 Å². The molecule has 0 spiro atoms. The Hall–Kier alpha value is -2.27.